The number of benzene rings is 3. The van der Waals surface area contributed by atoms with Crippen LogP contribution in [0, 0.1) is 0 Å². The van der Waals surface area contributed by atoms with Crippen molar-refractivity contribution < 1.29 is 43.9 Å². The number of ether oxygens (including phenoxy) is 3. The first kappa shape index (κ1) is 55.5. The van der Waals surface area contributed by atoms with E-state index in [4.69, 9.17) is 14.2 Å². The van der Waals surface area contributed by atoms with Gasteiger partial charge in [-0.05, 0) is 68.9 Å². The van der Waals surface area contributed by atoms with Crippen molar-refractivity contribution in [3.05, 3.63) is 118 Å². The summed E-state index contributed by atoms with van der Waals surface area (Å²) in [7, 11) is 0. The van der Waals surface area contributed by atoms with Gasteiger partial charge in [0, 0.05) is 33.4 Å². The van der Waals surface area contributed by atoms with Gasteiger partial charge in [0.05, 0.1) is 36.3 Å². The molecule has 0 spiro atoms. The molecular weight excluding hydrogens is 883 g/mol. The molecule has 0 aliphatic rings. The average Bonchev–Trinajstić information content (AvgIpc) is 3.18. The SMILES string of the molecule is CC(C)(C)c1cc(C(=O)OCCn2c(=O)n(CCOC(=O)c3cc(C(C)(C)C)c(O)c(C(C)(C)C)c3)c(=O)n(CCOC(=O)c3cc(C(C)(C)C)c(O)c(C(C)(C)C)c3)c2=O)cc(C(C)(C)C)c1O. The molecule has 0 saturated carbocycles. The molecule has 0 amide bonds. The van der Waals surface area contributed by atoms with E-state index in [2.05, 4.69) is 0 Å². The number of carbonyl (C=O) groups excluding carboxylic acids is 3. The summed E-state index contributed by atoms with van der Waals surface area (Å²) in [5.74, 6) is -2.12. The quantitative estimate of drug-likeness (QED) is 0.0902. The van der Waals surface area contributed by atoms with Crippen LogP contribution < -0.4 is 17.1 Å². The Hall–Kier alpha value is -6.12. The number of aromatic hydroxyl groups is 3. The van der Waals surface area contributed by atoms with E-state index >= 15 is 0 Å². The Morgan fingerprint density at radius 1 is 0.362 bits per heavy atom. The number of phenolic OH excluding ortho intramolecular Hbond substituents is 3. The second-order valence-electron chi connectivity index (χ2n) is 24.0. The first-order chi connectivity index (χ1) is 31.3. The second kappa shape index (κ2) is 19.7. The van der Waals surface area contributed by atoms with Crippen LogP contribution in [0.4, 0.5) is 0 Å². The van der Waals surface area contributed by atoms with Gasteiger partial charge in [-0.15, -0.1) is 0 Å². The van der Waals surface area contributed by atoms with Gasteiger partial charge in [0.1, 0.15) is 37.1 Å². The van der Waals surface area contributed by atoms with Gasteiger partial charge >= 0.3 is 35.0 Å². The highest BCUT2D eigenvalue weighted by Gasteiger charge is 2.32. The number of phenols is 3. The van der Waals surface area contributed by atoms with Crippen molar-refractivity contribution in [3.63, 3.8) is 0 Å². The molecular formula is C54H75N3O12. The predicted molar refractivity (Wildman–Crippen MR) is 267 cm³/mol. The number of carbonyl (C=O) groups is 3. The van der Waals surface area contributed by atoms with Crippen LogP contribution in [0.1, 0.15) is 189 Å². The summed E-state index contributed by atoms with van der Waals surface area (Å²) in [5, 5.41) is 33.5. The Kier molecular flexibility index (Phi) is 15.8. The second-order valence-corrected chi connectivity index (χ2v) is 24.0. The van der Waals surface area contributed by atoms with Gasteiger partial charge < -0.3 is 29.5 Å². The summed E-state index contributed by atoms with van der Waals surface area (Å²) in [6.07, 6.45) is 0. The van der Waals surface area contributed by atoms with Crippen molar-refractivity contribution in [1.82, 2.24) is 13.7 Å². The Bertz CT molecular complexity index is 2360. The summed E-state index contributed by atoms with van der Waals surface area (Å²) in [4.78, 5) is 82.9. The summed E-state index contributed by atoms with van der Waals surface area (Å²) in [5.41, 5.74) is -2.85. The number of hydrogen-bond donors (Lipinski definition) is 3. The van der Waals surface area contributed by atoms with Gasteiger partial charge in [0.15, 0.2) is 0 Å². The summed E-state index contributed by atoms with van der Waals surface area (Å²) < 4.78 is 19.0. The molecule has 0 aliphatic heterocycles. The van der Waals surface area contributed by atoms with E-state index < -0.39 is 107 Å². The molecule has 0 unspecified atom stereocenters. The van der Waals surface area contributed by atoms with Crippen molar-refractivity contribution in [2.75, 3.05) is 19.8 Å². The fourth-order valence-electron chi connectivity index (χ4n) is 7.88. The lowest BCUT2D eigenvalue weighted by molar-refractivity contribution is 0.0486. The number of nitrogens with zero attached hydrogens (tertiary/aromatic N) is 3. The lowest BCUT2D eigenvalue weighted by Gasteiger charge is -2.28. The number of aromatic nitrogens is 3. The molecule has 1 aromatic heterocycles. The third-order valence-corrected chi connectivity index (χ3v) is 11.9. The van der Waals surface area contributed by atoms with Gasteiger partial charge in [-0.1, -0.05) is 125 Å². The van der Waals surface area contributed by atoms with Crippen LogP contribution in [0.2, 0.25) is 0 Å². The molecule has 0 saturated heterocycles. The molecule has 0 radical (unpaired) electrons. The molecule has 0 fully saturated rings. The first-order valence-electron chi connectivity index (χ1n) is 23.4. The van der Waals surface area contributed by atoms with E-state index in [1.807, 2.05) is 125 Å². The molecule has 0 aliphatic carbocycles. The van der Waals surface area contributed by atoms with Crippen LogP contribution in [0.25, 0.3) is 0 Å². The minimum absolute atomic E-state index is 0.0667. The number of esters is 3. The third kappa shape index (κ3) is 12.8. The van der Waals surface area contributed by atoms with E-state index in [-0.39, 0.29) is 33.9 Å². The van der Waals surface area contributed by atoms with E-state index in [0.29, 0.717) is 47.1 Å². The average molecular weight is 958 g/mol. The zero-order valence-corrected chi connectivity index (χ0v) is 44.1. The van der Waals surface area contributed by atoms with E-state index in [9.17, 15) is 44.1 Å². The van der Waals surface area contributed by atoms with Crippen molar-refractivity contribution >= 4 is 17.9 Å². The highest BCUT2D eigenvalue weighted by Crippen LogP contribution is 2.42. The fraction of sp³-hybridized carbons (Fsp3) is 0.556. The van der Waals surface area contributed by atoms with E-state index in [1.165, 1.54) is 0 Å². The number of hydrogen-bond acceptors (Lipinski definition) is 12. The van der Waals surface area contributed by atoms with Gasteiger partial charge in [-0.2, -0.15) is 0 Å². The molecule has 3 aromatic carbocycles. The monoisotopic (exact) mass is 958 g/mol. The Morgan fingerprint density at radius 2 is 0.522 bits per heavy atom. The number of rotatable bonds is 12. The smallest absolute Gasteiger partial charge is 0.338 e. The van der Waals surface area contributed by atoms with Crippen LogP contribution in [0.15, 0.2) is 50.8 Å². The van der Waals surface area contributed by atoms with Crippen LogP contribution in [-0.2, 0) is 66.3 Å². The minimum Gasteiger partial charge on any atom is -0.507 e. The highest BCUT2D eigenvalue weighted by molar-refractivity contribution is 5.92. The third-order valence-electron chi connectivity index (χ3n) is 11.9. The van der Waals surface area contributed by atoms with Crippen LogP contribution in [0.3, 0.4) is 0 Å². The standard InChI is InChI=1S/C54H75N3O12/c1-49(2,3)34-25-31(26-35(40(34)58)50(4,5)6)43(61)67-22-19-55-46(64)56(20-23-68-44(62)32-27-36(51(7,8)9)41(59)37(28-32)52(10,11)12)48(66)57(47(55)65)21-24-69-45(63)33-29-38(53(13,14)15)42(60)39(30-33)54(16,17)18/h25-30,58-60H,19-24H2,1-18H3. The summed E-state index contributed by atoms with van der Waals surface area (Å²) in [6.45, 7) is 31.3. The normalized spacial score (nSPS) is 12.8. The Labute approximate surface area is 406 Å². The maximum Gasteiger partial charge on any atom is 0.338 e. The van der Waals surface area contributed by atoms with Gasteiger partial charge in [-0.3, -0.25) is 0 Å². The molecule has 4 aromatic rings. The molecule has 15 heteroatoms. The predicted octanol–water partition coefficient (Wildman–Crippen LogP) is 8.64. The zero-order valence-electron chi connectivity index (χ0n) is 44.1. The minimum atomic E-state index is -1.07. The van der Waals surface area contributed by atoms with Crippen LogP contribution in [0.5, 0.6) is 17.2 Å². The highest BCUT2D eigenvalue weighted by atomic mass is 16.5. The van der Waals surface area contributed by atoms with Crippen LogP contribution in [-0.4, -0.2) is 66.7 Å². The molecule has 15 nitrogen and oxygen atoms in total. The topological polar surface area (TPSA) is 206 Å². The van der Waals surface area contributed by atoms with Crippen LogP contribution >= 0.6 is 0 Å². The summed E-state index contributed by atoms with van der Waals surface area (Å²) >= 11 is 0. The largest absolute Gasteiger partial charge is 0.507 e. The fourth-order valence-corrected chi connectivity index (χ4v) is 7.88. The lowest BCUT2D eigenvalue weighted by Crippen LogP contribution is -2.55. The maximum absolute atomic E-state index is 14.0. The van der Waals surface area contributed by atoms with Crippen molar-refractivity contribution in [3.8, 4) is 17.2 Å². The Morgan fingerprint density at radius 3 is 0.667 bits per heavy atom. The molecule has 1 heterocycles. The van der Waals surface area contributed by atoms with Crippen molar-refractivity contribution in [2.45, 2.75) is 177 Å². The zero-order chi connectivity index (χ0) is 52.7. The molecule has 69 heavy (non-hydrogen) atoms. The Balaban J connectivity index is 1.71. The first-order valence-corrected chi connectivity index (χ1v) is 23.4. The lowest BCUT2D eigenvalue weighted by atomic mass is 9.78. The van der Waals surface area contributed by atoms with Crippen molar-refractivity contribution in [1.29, 1.82) is 0 Å². The van der Waals surface area contributed by atoms with Crippen molar-refractivity contribution in [2.24, 2.45) is 0 Å². The summed E-state index contributed by atoms with van der Waals surface area (Å²) in [6, 6.07) is 9.29. The maximum atomic E-state index is 14.0. The molecule has 3 N–H and O–H groups in total. The van der Waals surface area contributed by atoms with Gasteiger partial charge in [-0.25, -0.2) is 42.5 Å². The van der Waals surface area contributed by atoms with Gasteiger partial charge in [0.2, 0.25) is 0 Å². The van der Waals surface area contributed by atoms with E-state index in [0.717, 1.165) is 0 Å². The molecule has 0 bridgehead atoms. The molecule has 378 valence electrons. The molecule has 4 rings (SSSR count). The van der Waals surface area contributed by atoms with E-state index in [1.54, 1.807) is 36.4 Å². The molecule has 0 atom stereocenters. The van der Waals surface area contributed by atoms with Gasteiger partial charge in [0.25, 0.3) is 0 Å².